The molecule has 4 aromatic rings. The van der Waals surface area contributed by atoms with Crippen LogP contribution in [0.2, 0.25) is 5.02 Å². The van der Waals surface area contributed by atoms with E-state index in [1.54, 1.807) is 23.5 Å². The molecule has 202 valence electrons. The van der Waals surface area contributed by atoms with Crippen LogP contribution in [0.4, 0.5) is 0 Å². The van der Waals surface area contributed by atoms with Crippen molar-refractivity contribution in [2.45, 2.75) is 37.5 Å². The van der Waals surface area contributed by atoms with Crippen LogP contribution in [0.25, 0.3) is 10.4 Å². The number of thioether (sulfide) groups is 1. The van der Waals surface area contributed by atoms with Crippen molar-refractivity contribution in [3.8, 4) is 10.4 Å². The molecule has 2 aromatic carbocycles. The molecule has 0 saturated carbocycles. The Bertz CT molecular complexity index is 1400. The number of amides is 1. The topological polar surface area (TPSA) is 83.5 Å². The van der Waals surface area contributed by atoms with Gasteiger partial charge in [0.1, 0.15) is 0 Å². The van der Waals surface area contributed by atoms with Crippen molar-refractivity contribution in [1.82, 2.24) is 5.32 Å². The molecular formula is C30H28ClNO4S3. The minimum Gasteiger partial charge on any atom is -0.481 e. The second-order valence-electron chi connectivity index (χ2n) is 8.97. The van der Waals surface area contributed by atoms with Crippen molar-refractivity contribution in [2.75, 3.05) is 5.75 Å². The molecule has 2 aromatic heterocycles. The summed E-state index contributed by atoms with van der Waals surface area (Å²) in [5.41, 5.74) is 3.39. The molecule has 1 atom stereocenters. The molecule has 0 radical (unpaired) electrons. The van der Waals surface area contributed by atoms with Gasteiger partial charge in [0.15, 0.2) is 5.78 Å². The van der Waals surface area contributed by atoms with E-state index in [2.05, 4.69) is 47.1 Å². The summed E-state index contributed by atoms with van der Waals surface area (Å²) in [6.45, 7) is 0. The van der Waals surface area contributed by atoms with Gasteiger partial charge in [-0.05, 0) is 65.6 Å². The van der Waals surface area contributed by atoms with Gasteiger partial charge in [-0.2, -0.15) is 0 Å². The number of halogens is 1. The number of benzene rings is 2. The molecule has 39 heavy (non-hydrogen) atoms. The largest absolute Gasteiger partial charge is 0.481 e. The maximum absolute atomic E-state index is 12.8. The summed E-state index contributed by atoms with van der Waals surface area (Å²) in [6.07, 6.45) is 2.26. The zero-order valence-electron chi connectivity index (χ0n) is 21.1. The number of ketones is 1. The van der Waals surface area contributed by atoms with Crippen molar-refractivity contribution in [2.24, 2.45) is 0 Å². The third-order valence-corrected chi connectivity index (χ3v) is 9.50. The van der Waals surface area contributed by atoms with Gasteiger partial charge in [-0.1, -0.05) is 60.1 Å². The first-order chi connectivity index (χ1) is 18.9. The molecule has 2 heterocycles. The predicted octanol–water partition coefficient (Wildman–Crippen LogP) is 7.38. The van der Waals surface area contributed by atoms with E-state index in [-0.39, 0.29) is 11.5 Å². The number of aryl methyl sites for hydroxylation is 2. The van der Waals surface area contributed by atoms with E-state index in [1.807, 2.05) is 24.3 Å². The fourth-order valence-corrected chi connectivity index (χ4v) is 6.95. The van der Waals surface area contributed by atoms with E-state index in [0.29, 0.717) is 15.7 Å². The van der Waals surface area contributed by atoms with E-state index in [1.165, 1.54) is 39.1 Å². The van der Waals surface area contributed by atoms with Gasteiger partial charge in [0.2, 0.25) is 0 Å². The van der Waals surface area contributed by atoms with Gasteiger partial charge in [0.05, 0.1) is 23.1 Å². The molecule has 0 saturated heterocycles. The number of hydrogen-bond donors (Lipinski definition) is 2. The Balaban J connectivity index is 1.26. The molecule has 5 nitrogen and oxygen atoms in total. The molecule has 0 bridgehead atoms. The van der Waals surface area contributed by atoms with E-state index in [9.17, 15) is 19.5 Å². The smallest absolute Gasteiger partial charge is 0.305 e. The Hall–Kier alpha value is -2.91. The quantitative estimate of drug-likeness (QED) is 0.158. The highest BCUT2D eigenvalue weighted by molar-refractivity contribution is 7.99. The van der Waals surface area contributed by atoms with Gasteiger partial charge < -0.3 is 10.4 Å². The molecule has 0 aliphatic carbocycles. The van der Waals surface area contributed by atoms with Gasteiger partial charge in [-0.25, -0.2) is 0 Å². The minimum absolute atomic E-state index is 0.0768. The summed E-state index contributed by atoms with van der Waals surface area (Å²) in [4.78, 5) is 39.8. The molecule has 1 unspecified atom stereocenters. The summed E-state index contributed by atoms with van der Waals surface area (Å²) in [7, 11) is 0. The maximum Gasteiger partial charge on any atom is 0.305 e. The Kier molecular flexibility index (Phi) is 10.8. The summed E-state index contributed by atoms with van der Waals surface area (Å²) >= 11 is 10.6. The van der Waals surface area contributed by atoms with E-state index < -0.39 is 24.3 Å². The Morgan fingerprint density at radius 2 is 1.74 bits per heavy atom. The van der Waals surface area contributed by atoms with Crippen LogP contribution in [0.15, 0.2) is 78.2 Å². The first-order valence-corrected chi connectivity index (χ1v) is 15.7. The average Bonchev–Trinajstić information content (AvgIpc) is 3.62. The maximum atomic E-state index is 12.8. The standard InChI is InChI=1S/C30H28ClNO4S3/c31-24-8-2-1-6-22(24)18-37-19-26(33)25(17-29(34)35)32-30(36)28-15-14-23(39-28)7-3-5-20-10-12-21(13-11-20)27-9-4-16-38-27/h1-2,4,6,8-16,25H,3,5,7,17-19H2,(H,32,36)(H,34,35). The van der Waals surface area contributed by atoms with Gasteiger partial charge >= 0.3 is 5.97 Å². The van der Waals surface area contributed by atoms with E-state index in [0.717, 1.165) is 29.7 Å². The van der Waals surface area contributed by atoms with Crippen molar-refractivity contribution in [3.63, 3.8) is 0 Å². The van der Waals surface area contributed by atoms with Crippen LogP contribution in [-0.2, 0) is 28.2 Å². The molecule has 0 aliphatic rings. The molecule has 9 heteroatoms. The molecule has 4 rings (SSSR count). The lowest BCUT2D eigenvalue weighted by atomic mass is 10.1. The third kappa shape index (κ3) is 8.80. The fraction of sp³-hybridized carbons (Fsp3) is 0.233. The van der Waals surface area contributed by atoms with Crippen LogP contribution < -0.4 is 5.32 Å². The van der Waals surface area contributed by atoms with Gasteiger partial charge in [0, 0.05) is 20.5 Å². The van der Waals surface area contributed by atoms with Crippen molar-refractivity contribution in [1.29, 1.82) is 0 Å². The normalized spacial score (nSPS) is 11.7. The van der Waals surface area contributed by atoms with Crippen LogP contribution >= 0.6 is 46.0 Å². The SMILES string of the molecule is O=C(O)CC(NC(=O)c1ccc(CCCc2ccc(-c3cccs3)cc2)s1)C(=O)CSCc1ccccc1Cl. The highest BCUT2D eigenvalue weighted by Crippen LogP contribution is 2.26. The van der Waals surface area contributed by atoms with Gasteiger partial charge in [-0.3, -0.25) is 14.4 Å². The first-order valence-electron chi connectivity index (χ1n) is 12.5. The van der Waals surface area contributed by atoms with Crippen molar-refractivity contribution >= 4 is 63.7 Å². The van der Waals surface area contributed by atoms with Crippen LogP contribution in [0.3, 0.4) is 0 Å². The molecule has 2 N–H and O–H groups in total. The highest BCUT2D eigenvalue weighted by Gasteiger charge is 2.24. The minimum atomic E-state index is -1.14. The second-order valence-corrected chi connectivity index (χ2v) is 12.5. The van der Waals surface area contributed by atoms with Gasteiger partial charge in [0.25, 0.3) is 5.91 Å². The molecule has 1 amide bonds. The van der Waals surface area contributed by atoms with Crippen LogP contribution in [0, 0.1) is 0 Å². The molecule has 0 spiro atoms. The van der Waals surface area contributed by atoms with E-state index in [4.69, 9.17) is 11.6 Å². The number of nitrogens with one attached hydrogen (secondary N) is 1. The van der Waals surface area contributed by atoms with Crippen LogP contribution in [0.1, 0.15) is 38.5 Å². The zero-order valence-corrected chi connectivity index (χ0v) is 24.3. The van der Waals surface area contributed by atoms with Crippen molar-refractivity contribution < 1.29 is 19.5 Å². The first kappa shape index (κ1) is 29.1. The second kappa shape index (κ2) is 14.5. The number of hydrogen-bond acceptors (Lipinski definition) is 6. The summed E-state index contributed by atoms with van der Waals surface area (Å²) in [5.74, 6) is -1.30. The number of carbonyl (C=O) groups excluding carboxylic acids is 2. The third-order valence-electron chi connectivity index (χ3n) is 6.07. The highest BCUT2D eigenvalue weighted by atomic mass is 35.5. The number of carboxylic acid groups (broad SMARTS) is 1. The van der Waals surface area contributed by atoms with E-state index >= 15 is 0 Å². The van der Waals surface area contributed by atoms with Crippen LogP contribution in [-0.4, -0.2) is 34.6 Å². The summed E-state index contributed by atoms with van der Waals surface area (Å²) < 4.78 is 0. The number of carboxylic acids is 1. The summed E-state index contributed by atoms with van der Waals surface area (Å²) in [5, 5.41) is 14.6. The molecule has 0 aliphatic heterocycles. The van der Waals surface area contributed by atoms with Crippen molar-refractivity contribution in [3.05, 3.63) is 104 Å². The monoisotopic (exact) mass is 597 g/mol. The number of Topliss-reactive ketones (excluding diaryl/α,β-unsaturated/α-hetero) is 1. The predicted molar refractivity (Wildman–Crippen MR) is 162 cm³/mol. The lowest BCUT2D eigenvalue weighted by Crippen LogP contribution is -2.43. The Morgan fingerprint density at radius 3 is 2.46 bits per heavy atom. The van der Waals surface area contributed by atoms with Crippen LogP contribution in [0.5, 0.6) is 0 Å². The number of thiophene rings is 2. The molecule has 0 fully saturated rings. The number of rotatable bonds is 14. The summed E-state index contributed by atoms with van der Waals surface area (Å²) in [6, 6.07) is 22.7. The number of aliphatic carboxylic acids is 1. The molecular weight excluding hydrogens is 570 g/mol. The lowest BCUT2D eigenvalue weighted by molar-refractivity contribution is -0.139. The Labute approximate surface area is 245 Å². The average molecular weight is 598 g/mol. The van der Waals surface area contributed by atoms with Gasteiger partial charge in [-0.15, -0.1) is 34.4 Å². The Morgan fingerprint density at radius 1 is 0.949 bits per heavy atom. The number of carbonyl (C=O) groups is 3. The fourth-order valence-electron chi connectivity index (χ4n) is 4.01. The lowest BCUT2D eigenvalue weighted by Gasteiger charge is -2.15. The zero-order chi connectivity index (χ0) is 27.6.